The molecule has 8 nitrogen and oxygen atoms in total. The number of nitrogens with zero attached hydrogens (tertiary/aromatic N) is 5. The molecular formula is C29H25FN6O2. The van der Waals surface area contributed by atoms with Crippen LogP contribution in [0.15, 0.2) is 73.2 Å². The fraction of sp³-hybridized carbons (Fsp3) is 0.138. The summed E-state index contributed by atoms with van der Waals surface area (Å²) in [6, 6.07) is 14.0. The molecule has 9 heteroatoms. The second-order valence-electron chi connectivity index (χ2n) is 8.98. The van der Waals surface area contributed by atoms with Crippen molar-refractivity contribution in [2.75, 3.05) is 5.32 Å². The predicted molar refractivity (Wildman–Crippen MR) is 144 cm³/mol. The Kier molecular flexibility index (Phi) is 6.42. The monoisotopic (exact) mass is 508 g/mol. The van der Waals surface area contributed by atoms with Gasteiger partial charge in [0.05, 0.1) is 11.4 Å². The number of aromatic nitrogens is 5. The van der Waals surface area contributed by atoms with Gasteiger partial charge in [-0.2, -0.15) is 0 Å². The van der Waals surface area contributed by atoms with Crippen molar-refractivity contribution in [3.8, 4) is 34.1 Å². The molecule has 0 aliphatic heterocycles. The molecule has 0 bridgehead atoms. The number of amides is 1. The van der Waals surface area contributed by atoms with Crippen LogP contribution in [-0.4, -0.2) is 30.4 Å². The van der Waals surface area contributed by atoms with Crippen LogP contribution in [0, 0.1) is 19.7 Å². The first kappa shape index (κ1) is 24.8. The van der Waals surface area contributed by atoms with Gasteiger partial charge in [0.2, 0.25) is 0 Å². The highest BCUT2D eigenvalue weighted by Gasteiger charge is 2.22. The van der Waals surface area contributed by atoms with E-state index < -0.39 is 5.82 Å². The molecule has 0 aliphatic carbocycles. The van der Waals surface area contributed by atoms with Crippen LogP contribution < -0.4 is 10.1 Å². The second-order valence-corrected chi connectivity index (χ2v) is 8.98. The lowest BCUT2D eigenvalue weighted by Gasteiger charge is -2.12. The first-order valence-electron chi connectivity index (χ1n) is 11.9. The quantitative estimate of drug-likeness (QED) is 0.276. The maximum Gasteiger partial charge on any atom is 0.322 e. The Morgan fingerprint density at radius 1 is 1.03 bits per heavy atom. The summed E-state index contributed by atoms with van der Waals surface area (Å²) in [6.07, 6.45) is 3.07. The van der Waals surface area contributed by atoms with Crippen LogP contribution in [-0.2, 0) is 11.8 Å². The molecule has 0 radical (unpaired) electrons. The van der Waals surface area contributed by atoms with E-state index in [-0.39, 0.29) is 17.7 Å². The van der Waals surface area contributed by atoms with Gasteiger partial charge < -0.3 is 14.6 Å². The maximum absolute atomic E-state index is 15.3. The average Bonchev–Trinajstić information content (AvgIpc) is 3.19. The standard InChI is InChI=1S/C29H25FN6O2/c1-16(2)28(37)35-21-9-6-19(7-10-21)26-25(24-18(4)32-15-33-27(24)36(26)5)20-8-11-23(22(30)14-20)38-29-31-13-12-17(3)34-29/h6-15H,1H2,2-5H3,(H,35,37). The summed E-state index contributed by atoms with van der Waals surface area (Å²) in [7, 11) is 1.91. The van der Waals surface area contributed by atoms with E-state index in [0.29, 0.717) is 22.5 Å². The number of ether oxygens (including phenoxy) is 1. The molecule has 1 N–H and O–H groups in total. The molecule has 3 aromatic heterocycles. The van der Waals surface area contributed by atoms with Gasteiger partial charge in [0.15, 0.2) is 11.6 Å². The van der Waals surface area contributed by atoms with Gasteiger partial charge in [-0.15, -0.1) is 0 Å². The first-order chi connectivity index (χ1) is 18.2. The Balaban J connectivity index is 1.61. The number of nitrogens with one attached hydrogen (secondary N) is 1. The summed E-state index contributed by atoms with van der Waals surface area (Å²) < 4.78 is 22.9. The minimum Gasteiger partial charge on any atom is -0.421 e. The number of fused-ring (bicyclic) bond motifs is 1. The molecule has 190 valence electrons. The zero-order valence-corrected chi connectivity index (χ0v) is 21.4. The van der Waals surface area contributed by atoms with Gasteiger partial charge in [-0.1, -0.05) is 24.8 Å². The number of benzene rings is 2. The molecule has 0 saturated carbocycles. The molecule has 1 amide bonds. The van der Waals surface area contributed by atoms with E-state index in [9.17, 15) is 4.79 Å². The number of halogens is 1. The van der Waals surface area contributed by atoms with Gasteiger partial charge in [0, 0.05) is 41.1 Å². The topological polar surface area (TPSA) is 94.8 Å². The third-order valence-electron chi connectivity index (χ3n) is 6.16. The summed E-state index contributed by atoms with van der Waals surface area (Å²) in [6.45, 7) is 9.03. The van der Waals surface area contributed by atoms with Crippen LogP contribution in [0.5, 0.6) is 11.8 Å². The Hall–Kier alpha value is -4.92. The lowest BCUT2D eigenvalue weighted by Crippen LogP contribution is -2.11. The largest absolute Gasteiger partial charge is 0.421 e. The van der Waals surface area contributed by atoms with Crippen molar-refractivity contribution in [3.05, 3.63) is 90.4 Å². The van der Waals surface area contributed by atoms with Gasteiger partial charge >= 0.3 is 6.01 Å². The Labute approximate surface area is 218 Å². The number of rotatable bonds is 6. The Morgan fingerprint density at radius 3 is 2.45 bits per heavy atom. The molecule has 0 fully saturated rings. The molecule has 38 heavy (non-hydrogen) atoms. The van der Waals surface area contributed by atoms with Crippen LogP contribution in [0.25, 0.3) is 33.4 Å². The van der Waals surface area contributed by atoms with Gasteiger partial charge in [-0.05, 0) is 62.2 Å². The molecule has 0 aliphatic rings. The van der Waals surface area contributed by atoms with Gasteiger partial charge in [0.25, 0.3) is 5.91 Å². The van der Waals surface area contributed by atoms with Gasteiger partial charge in [0.1, 0.15) is 12.0 Å². The molecule has 5 aromatic rings. The highest BCUT2D eigenvalue weighted by atomic mass is 19.1. The van der Waals surface area contributed by atoms with Gasteiger partial charge in [-0.25, -0.2) is 24.3 Å². The van der Waals surface area contributed by atoms with E-state index in [1.54, 1.807) is 38.2 Å². The van der Waals surface area contributed by atoms with Crippen molar-refractivity contribution >= 4 is 22.6 Å². The van der Waals surface area contributed by atoms with Crippen molar-refractivity contribution in [3.63, 3.8) is 0 Å². The minimum atomic E-state index is -0.553. The number of carbonyl (C=O) groups is 1. The molecule has 2 aromatic carbocycles. The molecule has 0 spiro atoms. The molecule has 0 unspecified atom stereocenters. The van der Waals surface area contributed by atoms with Crippen molar-refractivity contribution in [1.29, 1.82) is 0 Å². The van der Waals surface area contributed by atoms with Crippen molar-refractivity contribution in [2.24, 2.45) is 7.05 Å². The van der Waals surface area contributed by atoms with Crippen molar-refractivity contribution in [2.45, 2.75) is 20.8 Å². The third-order valence-corrected chi connectivity index (χ3v) is 6.16. The zero-order chi connectivity index (χ0) is 27.0. The van der Waals surface area contributed by atoms with E-state index in [1.165, 1.54) is 12.4 Å². The van der Waals surface area contributed by atoms with Crippen LogP contribution >= 0.6 is 0 Å². The highest BCUT2D eigenvalue weighted by Crippen LogP contribution is 2.42. The lowest BCUT2D eigenvalue weighted by molar-refractivity contribution is -0.112. The zero-order valence-electron chi connectivity index (χ0n) is 21.4. The van der Waals surface area contributed by atoms with Crippen LogP contribution in [0.1, 0.15) is 18.3 Å². The van der Waals surface area contributed by atoms with E-state index in [2.05, 4.69) is 31.8 Å². The van der Waals surface area contributed by atoms with Crippen molar-refractivity contribution in [1.82, 2.24) is 24.5 Å². The highest BCUT2D eigenvalue weighted by molar-refractivity contribution is 6.05. The first-order valence-corrected chi connectivity index (χ1v) is 11.9. The lowest BCUT2D eigenvalue weighted by atomic mass is 9.97. The van der Waals surface area contributed by atoms with E-state index in [0.717, 1.165) is 33.5 Å². The predicted octanol–water partition coefficient (Wildman–Crippen LogP) is 6.16. The Bertz CT molecular complexity index is 1710. The summed E-state index contributed by atoms with van der Waals surface area (Å²) in [4.78, 5) is 29.2. The Morgan fingerprint density at radius 2 is 1.76 bits per heavy atom. The normalized spacial score (nSPS) is 11.0. The smallest absolute Gasteiger partial charge is 0.322 e. The SMILES string of the molecule is C=C(C)C(=O)Nc1ccc(-c2c(-c3ccc(Oc4nccc(C)n4)c(F)c3)c3c(C)ncnc3n2C)cc1. The number of anilines is 1. The van der Waals surface area contributed by atoms with Gasteiger partial charge in [-0.3, -0.25) is 4.79 Å². The maximum atomic E-state index is 15.3. The van der Waals surface area contributed by atoms with E-state index >= 15 is 4.39 Å². The summed E-state index contributed by atoms with van der Waals surface area (Å²) in [5.74, 6) is -0.780. The number of aryl methyl sites for hydroxylation is 3. The second kappa shape index (κ2) is 9.85. The molecule has 3 heterocycles. The van der Waals surface area contributed by atoms with Crippen LogP contribution in [0.4, 0.5) is 10.1 Å². The fourth-order valence-corrected chi connectivity index (χ4v) is 4.28. The molecule has 5 rings (SSSR count). The average molecular weight is 509 g/mol. The van der Waals surface area contributed by atoms with Crippen LogP contribution in [0.2, 0.25) is 0 Å². The third kappa shape index (κ3) is 4.61. The minimum absolute atomic E-state index is 0.0201. The molecule has 0 saturated heterocycles. The van der Waals surface area contributed by atoms with E-state index in [4.69, 9.17) is 4.74 Å². The summed E-state index contributed by atoms with van der Waals surface area (Å²) >= 11 is 0. The summed E-state index contributed by atoms with van der Waals surface area (Å²) in [5.41, 5.74) is 6.38. The fourth-order valence-electron chi connectivity index (χ4n) is 4.28. The number of hydrogen-bond acceptors (Lipinski definition) is 6. The number of carbonyl (C=O) groups excluding carboxylic acids is 1. The summed E-state index contributed by atoms with van der Waals surface area (Å²) in [5, 5.41) is 3.63. The van der Waals surface area contributed by atoms with E-state index in [1.807, 2.05) is 42.8 Å². The number of hydrogen-bond donors (Lipinski definition) is 1. The molecular weight excluding hydrogens is 483 g/mol. The van der Waals surface area contributed by atoms with Crippen LogP contribution in [0.3, 0.4) is 0 Å². The molecule has 0 atom stereocenters. The van der Waals surface area contributed by atoms with Crippen molar-refractivity contribution < 1.29 is 13.9 Å².